The minimum atomic E-state index is -0.592. The van der Waals surface area contributed by atoms with Crippen LogP contribution in [0.1, 0.15) is 5.56 Å². The summed E-state index contributed by atoms with van der Waals surface area (Å²) in [5.41, 5.74) is 0.432. The summed E-state index contributed by atoms with van der Waals surface area (Å²) in [6.45, 7) is -0.592. The molecule has 1 heterocycles. The Hall–Kier alpha value is -0.260. The summed E-state index contributed by atoms with van der Waals surface area (Å²) < 4.78 is 24.8. The van der Waals surface area contributed by atoms with E-state index < -0.39 is 12.6 Å². The monoisotopic (exact) mass is 255 g/mol. The largest absolute Gasteiger partial charge is 0.246 e. The molecule has 10 heavy (non-hydrogen) atoms. The van der Waals surface area contributed by atoms with Gasteiger partial charge in [-0.05, 0) is 22.6 Å². The molecule has 0 aliphatic heterocycles. The predicted molar refractivity (Wildman–Crippen MR) is 41.7 cm³/mol. The molecule has 0 N–H and O–H groups in total. The second kappa shape index (κ2) is 3.23. The minimum Gasteiger partial charge on any atom is -0.246 e. The molecule has 1 aromatic heterocycles. The molecule has 0 aliphatic carbocycles. The van der Waals surface area contributed by atoms with Crippen molar-refractivity contribution in [2.75, 3.05) is 0 Å². The molecule has 0 unspecified atom stereocenters. The lowest BCUT2D eigenvalue weighted by molar-refractivity contribution is 0.479. The highest BCUT2D eigenvalue weighted by Crippen LogP contribution is 2.12. The van der Waals surface area contributed by atoms with E-state index in [1.165, 1.54) is 12.3 Å². The minimum absolute atomic E-state index is 0.432. The highest BCUT2D eigenvalue weighted by Gasteiger charge is 2.00. The summed E-state index contributed by atoms with van der Waals surface area (Å²) in [5, 5.41) is 0. The quantitative estimate of drug-likeness (QED) is 0.554. The van der Waals surface area contributed by atoms with Gasteiger partial charge in [0.25, 0.3) is 0 Å². The maximum absolute atomic E-state index is 12.2. The summed E-state index contributed by atoms with van der Waals surface area (Å²) in [5.74, 6) is -0.568. The Bertz CT molecular complexity index is 239. The molecule has 0 aromatic carbocycles. The normalized spacial score (nSPS) is 9.90. The lowest BCUT2D eigenvalue weighted by atomic mass is 10.3. The molecule has 0 spiro atoms. The van der Waals surface area contributed by atoms with Gasteiger partial charge in [0.05, 0.1) is 0 Å². The third kappa shape index (κ3) is 1.62. The van der Waals surface area contributed by atoms with E-state index in [1.807, 2.05) is 22.6 Å². The summed E-state index contributed by atoms with van der Waals surface area (Å²) in [4.78, 5) is 3.30. The molecule has 54 valence electrons. The van der Waals surface area contributed by atoms with Gasteiger partial charge in [0.1, 0.15) is 6.67 Å². The van der Waals surface area contributed by atoms with Crippen molar-refractivity contribution < 1.29 is 8.78 Å². The molecule has 0 aliphatic rings. The zero-order chi connectivity index (χ0) is 7.56. The molecule has 1 aromatic rings. The standard InChI is InChI=1S/C6H4F2IN/c7-2-4-3-10-6(8)1-5(4)9/h1,3H,2H2. The van der Waals surface area contributed by atoms with Gasteiger partial charge in [-0.1, -0.05) is 0 Å². The van der Waals surface area contributed by atoms with Crippen molar-refractivity contribution in [2.24, 2.45) is 0 Å². The fourth-order valence-electron chi connectivity index (χ4n) is 0.534. The molecular weight excluding hydrogens is 251 g/mol. The fraction of sp³-hybridized carbons (Fsp3) is 0.167. The third-order valence-electron chi connectivity index (χ3n) is 1.04. The van der Waals surface area contributed by atoms with Gasteiger partial charge in [0.2, 0.25) is 5.95 Å². The van der Waals surface area contributed by atoms with E-state index in [9.17, 15) is 8.78 Å². The first kappa shape index (κ1) is 7.84. The summed E-state index contributed by atoms with van der Waals surface area (Å²) in [6, 6.07) is 1.20. The first-order valence-electron chi connectivity index (χ1n) is 2.60. The van der Waals surface area contributed by atoms with Crippen molar-refractivity contribution in [3.8, 4) is 0 Å². The number of hydrogen-bond acceptors (Lipinski definition) is 1. The van der Waals surface area contributed by atoms with Gasteiger partial charge >= 0.3 is 0 Å². The van der Waals surface area contributed by atoms with E-state index in [1.54, 1.807) is 0 Å². The Labute approximate surface area is 70.6 Å². The van der Waals surface area contributed by atoms with Gasteiger partial charge in [0.15, 0.2) is 0 Å². The predicted octanol–water partition coefficient (Wildman–Crippen LogP) is 2.29. The second-order valence-electron chi connectivity index (χ2n) is 1.73. The SMILES string of the molecule is FCc1cnc(F)cc1I. The van der Waals surface area contributed by atoms with Gasteiger partial charge < -0.3 is 0 Å². The Morgan fingerprint density at radius 3 is 2.80 bits per heavy atom. The van der Waals surface area contributed by atoms with Crippen molar-refractivity contribution in [1.29, 1.82) is 0 Å². The zero-order valence-corrected chi connectivity index (χ0v) is 7.10. The molecule has 1 nitrogen and oxygen atoms in total. The Balaban J connectivity index is 3.07. The number of aromatic nitrogens is 1. The highest BCUT2D eigenvalue weighted by molar-refractivity contribution is 14.1. The Morgan fingerprint density at radius 1 is 1.60 bits per heavy atom. The maximum atomic E-state index is 12.2. The number of halogens is 3. The van der Waals surface area contributed by atoms with Gasteiger partial charge in [-0.15, -0.1) is 0 Å². The summed E-state index contributed by atoms with van der Waals surface area (Å²) in [7, 11) is 0. The van der Waals surface area contributed by atoms with Crippen LogP contribution in [-0.4, -0.2) is 4.98 Å². The van der Waals surface area contributed by atoms with Crippen molar-refractivity contribution >= 4 is 22.6 Å². The third-order valence-corrected chi connectivity index (χ3v) is 2.04. The van der Waals surface area contributed by atoms with Crippen LogP contribution in [0.2, 0.25) is 0 Å². The van der Waals surface area contributed by atoms with Gasteiger partial charge in [-0.25, -0.2) is 9.37 Å². The number of rotatable bonds is 1. The lowest BCUT2D eigenvalue weighted by Crippen LogP contribution is -1.89. The van der Waals surface area contributed by atoms with E-state index in [4.69, 9.17) is 0 Å². The second-order valence-corrected chi connectivity index (χ2v) is 2.89. The number of nitrogens with zero attached hydrogens (tertiary/aromatic N) is 1. The van der Waals surface area contributed by atoms with E-state index in [2.05, 4.69) is 4.98 Å². The van der Waals surface area contributed by atoms with Crippen LogP contribution in [0.15, 0.2) is 12.3 Å². The van der Waals surface area contributed by atoms with Crippen LogP contribution in [0, 0.1) is 9.52 Å². The molecule has 0 bridgehead atoms. The number of pyridine rings is 1. The molecule has 0 atom stereocenters. The Kier molecular flexibility index (Phi) is 2.53. The first-order valence-corrected chi connectivity index (χ1v) is 3.68. The molecule has 4 heteroatoms. The molecule has 0 amide bonds. The van der Waals surface area contributed by atoms with E-state index in [0.29, 0.717) is 9.13 Å². The van der Waals surface area contributed by atoms with Crippen molar-refractivity contribution in [3.05, 3.63) is 27.3 Å². The van der Waals surface area contributed by atoms with Crippen LogP contribution in [-0.2, 0) is 6.67 Å². The van der Waals surface area contributed by atoms with Crippen LogP contribution in [0.3, 0.4) is 0 Å². The average molecular weight is 255 g/mol. The summed E-state index contributed by atoms with van der Waals surface area (Å²) in [6.07, 6.45) is 1.21. The van der Waals surface area contributed by atoms with Crippen LogP contribution >= 0.6 is 22.6 Å². The van der Waals surface area contributed by atoms with Gasteiger partial charge in [-0.2, -0.15) is 4.39 Å². The van der Waals surface area contributed by atoms with E-state index >= 15 is 0 Å². The number of alkyl halides is 1. The molecule has 0 fully saturated rings. The van der Waals surface area contributed by atoms with Crippen LogP contribution in [0.25, 0.3) is 0 Å². The lowest BCUT2D eigenvalue weighted by Gasteiger charge is -1.95. The van der Waals surface area contributed by atoms with Crippen molar-refractivity contribution in [3.63, 3.8) is 0 Å². The van der Waals surface area contributed by atoms with Crippen molar-refractivity contribution in [1.82, 2.24) is 4.98 Å². The molecule has 0 radical (unpaired) electrons. The average Bonchev–Trinajstić information content (AvgIpc) is 1.88. The van der Waals surface area contributed by atoms with Crippen LogP contribution < -0.4 is 0 Å². The zero-order valence-electron chi connectivity index (χ0n) is 4.94. The Morgan fingerprint density at radius 2 is 2.30 bits per heavy atom. The molecule has 1 rings (SSSR count). The smallest absolute Gasteiger partial charge is 0.213 e. The molecule has 0 saturated heterocycles. The fourth-order valence-corrected chi connectivity index (χ4v) is 1.07. The van der Waals surface area contributed by atoms with E-state index in [0.717, 1.165) is 0 Å². The maximum Gasteiger partial charge on any atom is 0.213 e. The molecule has 0 saturated carbocycles. The highest BCUT2D eigenvalue weighted by atomic mass is 127. The first-order chi connectivity index (χ1) is 4.74. The topological polar surface area (TPSA) is 12.9 Å². The van der Waals surface area contributed by atoms with Gasteiger partial charge in [-0.3, -0.25) is 0 Å². The van der Waals surface area contributed by atoms with Crippen LogP contribution in [0.4, 0.5) is 8.78 Å². The van der Waals surface area contributed by atoms with Gasteiger partial charge in [0, 0.05) is 21.4 Å². The van der Waals surface area contributed by atoms with E-state index in [-0.39, 0.29) is 0 Å². The van der Waals surface area contributed by atoms with Crippen molar-refractivity contribution in [2.45, 2.75) is 6.67 Å². The summed E-state index contributed by atoms with van der Waals surface area (Å²) >= 11 is 1.87. The number of hydrogen-bond donors (Lipinski definition) is 0. The van der Waals surface area contributed by atoms with Crippen LogP contribution in [0.5, 0.6) is 0 Å². The molecular formula is C6H4F2IN.